The van der Waals surface area contributed by atoms with Gasteiger partial charge in [0, 0.05) is 13.7 Å². The third-order valence-corrected chi connectivity index (χ3v) is 3.14. The molecule has 0 aliphatic rings. The van der Waals surface area contributed by atoms with Gasteiger partial charge in [0.05, 0.1) is 26.0 Å². The summed E-state index contributed by atoms with van der Waals surface area (Å²) in [7, 11) is 5.60. The lowest BCUT2D eigenvalue weighted by atomic mass is 10.4. The summed E-state index contributed by atoms with van der Waals surface area (Å²) in [6.07, 6.45) is 0. The predicted octanol–water partition coefficient (Wildman–Crippen LogP) is -1.04. The molecule has 8 heteroatoms. The van der Waals surface area contributed by atoms with Crippen molar-refractivity contribution in [1.82, 2.24) is 15.5 Å². The number of rotatable bonds is 8. The molecule has 19 heavy (non-hydrogen) atoms. The van der Waals surface area contributed by atoms with Gasteiger partial charge >= 0.3 is 0 Å². The maximum absolute atomic E-state index is 11.7. The molecule has 1 aromatic heterocycles. The summed E-state index contributed by atoms with van der Waals surface area (Å²) in [4.78, 5) is 12.9. The largest absolute Gasteiger partial charge is 0.410 e. The molecule has 0 aromatic carbocycles. The second-order valence-electron chi connectivity index (χ2n) is 4.39. The molecule has 0 saturated carbocycles. The number of carbonyl (C=O) groups excluding carboxylic acids is 1. The van der Waals surface area contributed by atoms with Crippen molar-refractivity contribution >= 4 is 17.7 Å². The van der Waals surface area contributed by atoms with Gasteiger partial charge in [0.2, 0.25) is 5.91 Å². The number of carbonyl (C=O) groups is 1. The summed E-state index contributed by atoms with van der Waals surface area (Å²) in [5, 5.41) is 10.8. The first kappa shape index (κ1) is 15.9. The Bertz CT molecular complexity index is 397. The number of hydrogen-bond acceptors (Lipinski definition) is 6. The number of thioether (sulfide) groups is 1. The zero-order chi connectivity index (χ0) is 14.3. The molecule has 0 aliphatic heterocycles. The SMILES string of the molecule is COCCNC(=O)[C@@H](C)Sc1nnc(C[NH+](C)C)o1. The molecule has 108 valence electrons. The number of hydrogen-bond donors (Lipinski definition) is 2. The quantitative estimate of drug-likeness (QED) is 0.470. The zero-order valence-corrected chi connectivity index (χ0v) is 12.5. The second kappa shape index (κ2) is 8.13. The third kappa shape index (κ3) is 6.04. The van der Waals surface area contributed by atoms with Gasteiger partial charge in [0.1, 0.15) is 0 Å². The highest BCUT2D eigenvalue weighted by Gasteiger charge is 2.18. The summed E-state index contributed by atoms with van der Waals surface area (Å²) < 4.78 is 10.3. The van der Waals surface area contributed by atoms with Crippen LogP contribution in [0.15, 0.2) is 9.64 Å². The average Bonchev–Trinajstić information content (AvgIpc) is 2.75. The Kier molecular flexibility index (Phi) is 6.82. The lowest BCUT2D eigenvalue weighted by Gasteiger charge is -2.09. The number of amides is 1. The second-order valence-corrected chi connectivity index (χ2v) is 5.68. The molecule has 1 rings (SSSR count). The van der Waals surface area contributed by atoms with Crippen molar-refractivity contribution in [3.05, 3.63) is 5.89 Å². The van der Waals surface area contributed by atoms with E-state index in [4.69, 9.17) is 9.15 Å². The molecule has 0 fully saturated rings. The minimum absolute atomic E-state index is 0.0694. The summed E-state index contributed by atoms with van der Waals surface area (Å²) in [5.41, 5.74) is 0. The molecule has 0 spiro atoms. The Morgan fingerprint density at radius 1 is 1.53 bits per heavy atom. The first-order valence-corrected chi connectivity index (χ1v) is 6.95. The predicted molar refractivity (Wildman–Crippen MR) is 71.0 cm³/mol. The number of quaternary nitrogens is 1. The monoisotopic (exact) mass is 289 g/mol. The van der Waals surface area contributed by atoms with Crippen LogP contribution in [-0.4, -0.2) is 55.7 Å². The molecule has 0 saturated heterocycles. The van der Waals surface area contributed by atoms with Crippen molar-refractivity contribution in [2.45, 2.75) is 23.9 Å². The van der Waals surface area contributed by atoms with Gasteiger partial charge in [-0.2, -0.15) is 0 Å². The fraction of sp³-hybridized carbons (Fsp3) is 0.727. The van der Waals surface area contributed by atoms with Crippen molar-refractivity contribution < 1.29 is 18.8 Å². The number of nitrogens with zero attached hydrogens (tertiary/aromatic N) is 2. The van der Waals surface area contributed by atoms with Crippen LogP contribution < -0.4 is 10.2 Å². The van der Waals surface area contributed by atoms with E-state index >= 15 is 0 Å². The van der Waals surface area contributed by atoms with Gasteiger partial charge in [-0.05, 0) is 6.92 Å². The molecule has 0 bridgehead atoms. The minimum atomic E-state index is -0.281. The third-order valence-electron chi connectivity index (χ3n) is 2.21. The van der Waals surface area contributed by atoms with Gasteiger partial charge in [-0.15, -0.1) is 10.2 Å². The van der Waals surface area contributed by atoms with E-state index in [1.807, 2.05) is 14.1 Å². The van der Waals surface area contributed by atoms with Gasteiger partial charge in [-0.25, -0.2) is 0 Å². The van der Waals surface area contributed by atoms with E-state index in [2.05, 4.69) is 15.5 Å². The molecule has 1 atom stereocenters. The van der Waals surface area contributed by atoms with Gasteiger partial charge in [-0.3, -0.25) is 4.79 Å². The standard InChI is InChI=1S/C11H20N4O3S/c1-8(10(16)12-5-6-17-4)19-11-14-13-9(18-11)7-15(2)3/h8H,5-7H2,1-4H3,(H,12,16)/p+1/t8-/m1/s1. The fourth-order valence-corrected chi connectivity index (χ4v) is 2.01. The molecule has 2 N–H and O–H groups in total. The Balaban J connectivity index is 2.40. The molecular formula is C11H21N4O3S+. The molecule has 1 amide bonds. The Hall–Kier alpha value is -1.12. The van der Waals surface area contributed by atoms with Gasteiger partial charge in [-0.1, -0.05) is 11.8 Å². The highest BCUT2D eigenvalue weighted by atomic mass is 32.2. The number of methoxy groups -OCH3 is 1. The van der Waals surface area contributed by atoms with Crippen LogP contribution in [0, 0.1) is 0 Å². The Morgan fingerprint density at radius 3 is 2.89 bits per heavy atom. The Morgan fingerprint density at radius 2 is 2.26 bits per heavy atom. The summed E-state index contributed by atoms with van der Waals surface area (Å²) in [6.45, 7) is 3.47. The first-order valence-electron chi connectivity index (χ1n) is 6.07. The number of aromatic nitrogens is 2. The smallest absolute Gasteiger partial charge is 0.277 e. The maximum atomic E-state index is 11.7. The topological polar surface area (TPSA) is 81.7 Å². The number of ether oxygens (including phenoxy) is 1. The van der Waals surface area contributed by atoms with Crippen LogP contribution in [0.1, 0.15) is 12.8 Å². The number of nitrogens with one attached hydrogen (secondary N) is 2. The highest BCUT2D eigenvalue weighted by Crippen LogP contribution is 2.21. The van der Waals surface area contributed by atoms with Crippen LogP contribution in [0.4, 0.5) is 0 Å². The summed E-state index contributed by atoms with van der Waals surface area (Å²) in [6, 6.07) is 0. The van der Waals surface area contributed by atoms with Crippen LogP contribution in [0.2, 0.25) is 0 Å². The van der Waals surface area contributed by atoms with Crippen molar-refractivity contribution in [3.63, 3.8) is 0 Å². The Labute approximate surface area is 117 Å². The summed E-state index contributed by atoms with van der Waals surface area (Å²) in [5.74, 6) is 0.509. The van der Waals surface area contributed by atoms with E-state index in [9.17, 15) is 4.79 Å². The van der Waals surface area contributed by atoms with E-state index in [1.54, 1.807) is 14.0 Å². The minimum Gasteiger partial charge on any atom is -0.410 e. The van der Waals surface area contributed by atoms with Crippen molar-refractivity contribution in [2.24, 2.45) is 0 Å². The normalized spacial score (nSPS) is 12.7. The molecule has 1 heterocycles. The maximum Gasteiger partial charge on any atom is 0.277 e. The fourth-order valence-electron chi connectivity index (χ4n) is 1.28. The van der Waals surface area contributed by atoms with Crippen LogP contribution in [-0.2, 0) is 16.1 Å². The molecule has 7 nitrogen and oxygen atoms in total. The lowest BCUT2D eigenvalue weighted by Crippen LogP contribution is -3.04. The van der Waals surface area contributed by atoms with Crippen molar-refractivity contribution in [3.8, 4) is 0 Å². The molecular weight excluding hydrogens is 268 g/mol. The van der Waals surface area contributed by atoms with Crippen LogP contribution in [0.25, 0.3) is 0 Å². The van der Waals surface area contributed by atoms with E-state index in [1.165, 1.54) is 16.7 Å². The lowest BCUT2D eigenvalue weighted by molar-refractivity contribution is -0.874. The zero-order valence-electron chi connectivity index (χ0n) is 11.7. The molecule has 0 unspecified atom stereocenters. The highest BCUT2D eigenvalue weighted by molar-refractivity contribution is 8.00. The molecule has 1 aromatic rings. The van der Waals surface area contributed by atoms with Crippen molar-refractivity contribution in [1.29, 1.82) is 0 Å². The van der Waals surface area contributed by atoms with Gasteiger partial charge < -0.3 is 19.4 Å². The van der Waals surface area contributed by atoms with Crippen LogP contribution in [0.5, 0.6) is 0 Å². The van der Waals surface area contributed by atoms with E-state index in [0.29, 0.717) is 30.8 Å². The van der Waals surface area contributed by atoms with E-state index < -0.39 is 0 Å². The van der Waals surface area contributed by atoms with Gasteiger partial charge in [0.15, 0.2) is 6.54 Å². The van der Waals surface area contributed by atoms with Crippen LogP contribution >= 0.6 is 11.8 Å². The van der Waals surface area contributed by atoms with E-state index in [-0.39, 0.29) is 11.2 Å². The molecule has 0 aliphatic carbocycles. The molecule has 0 radical (unpaired) electrons. The van der Waals surface area contributed by atoms with Crippen molar-refractivity contribution in [2.75, 3.05) is 34.4 Å². The van der Waals surface area contributed by atoms with Gasteiger partial charge in [0.25, 0.3) is 11.1 Å². The average molecular weight is 289 g/mol. The van der Waals surface area contributed by atoms with Crippen LogP contribution in [0.3, 0.4) is 0 Å². The van der Waals surface area contributed by atoms with E-state index in [0.717, 1.165) is 0 Å². The first-order chi connectivity index (χ1) is 9.02. The summed E-state index contributed by atoms with van der Waals surface area (Å²) >= 11 is 1.26.